The average molecular weight is 404 g/mol. The van der Waals surface area contributed by atoms with E-state index in [9.17, 15) is 9.59 Å². The molecule has 0 aliphatic carbocycles. The molecule has 6 rings (SSSR count). The maximum absolute atomic E-state index is 13.2. The third-order valence-electron chi connectivity index (χ3n) is 5.57. The largest absolute Gasteiger partial charge is 0.457 e. The molecule has 148 valence electrons. The Kier molecular flexibility index (Phi) is 3.70. The molecule has 0 saturated heterocycles. The van der Waals surface area contributed by atoms with E-state index < -0.39 is 0 Å². The number of aromatic nitrogens is 2. The van der Waals surface area contributed by atoms with E-state index in [4.69, 9.17) is 4.74 Å². The lowest BCUT2D eigenvalue weighted by molar-refractivity contribution is 0.483. The van der Waals surface area contributed by atoms with Crippen LogP contribution in [0.3, 0.4) is 0 Å². The van der Waals surface area contributed by atoms with Crippen molar-refractivity contribution in [3.05, 3.63) is 105 Å². The first-order valence-corrected chi connectivity index (χ1v) is 9.95. The smallest absolute Gasteiger partial charge is 0.197 e. The van der Waals surface area contributed by atoms with Crippen molar-refractivity contribution in [2.24, 2.45) is 0 Å². The molecule has 4 aromatic carbocycles. The van der Waals surface area contributed by atoms with Crippen LogP contribution in [0.25, 0.3) is 43.6 Å². The summed E-state index contributed by atoms with van der Waals surface area (Å²) in [6.07, 6.45) is 0. The topological polar surface area (TPSA) is 74.9 Å². The molecule has 0 amide bonds. The van der Waals surface area contributed by atoms with Crippen molar-refractivity contribution in [1.29, 1.82) is 0 Å². The predicted octanol–water partition coefficient (Wildman–Crippen LogP) is 5.47. The Balaban J connectivity index is 1.60. The Hall–Kier alpha value is -4.38. The number of pyridine rings is 2. The monoisotopic (exact) mass is 404 g/mol. The summed E-state index contributed by atoms with van der Waals surface area (Å²) < 4.78 is 5.90. The molecule has 0 radical (unpaired) electrons. The average Bonchev–Trinajstić information content (AvgIpc) is 2.79. The van der Waals surface area contributed by atoms with Crippen molar-refractivity contribution in [2.75, 3.05) is 0 Å². The van der Waals surface area contributed by atoms with Gasteiger partial charge in [-0.05, 0) is 48.5 Å². The van der Waals surface area contributed by atoms with Crippen LogP contribution in [-0.4, -0.2) is 9.97 Å². The van der Waals surface area contributed by atoms with Crippen LogP contribution in [0, 0.1) is 0 Å². The highest BCUT2D eigenvalue weighted by atomic mass is 16.5. The van der Waals surface area contributed by atoms with E-state index in [0.29, 0.717) is 43.8 Å². The van der Waals surface area contributed by atoms with Gasteiger partial charge in [0.25, 0.3) is 0 Å². The number of nitrogens with one attached hydrogen (secondary N) is 2. The lowest BCUT2D eigenvalue weighted by Gasteiger charge is -2.09. The van der Waals surface area contributed by atoms with Crippen molar-refractivity contribution >= 4 is 43.6 Å². The molecule has 0 atom stereocenters. The zero-order valence-corrected chi connectivity index (χ0v) is 16.3. The van der Waals surface area contributed by atoms with Crippen molar-refractivity contribution in [3.63, 3.8) is 0 Å². The predicted molar refractivity (Wildman–Crippen MR) is 124 cm³/mol. The Bertz CT molecular complexity index is 1750. The minimum atomic E-state index is -0.0917. The quantitative estimate of drug-likeness (QED) is 0.376. The number of para-hydroxylation sites is 2. The van der Waals surface area contributed by atoms with Crippen LogP contribution in [0.15, 0.2) is 94.5 Å². The molecule has 5 heteroatoms. The van der Waals surface area contributed by atoms with Gasteiger partial charge in [-0.1, -0.05) is 30.3 Å². The minimum Gasteiger partial charge on any atom is -0.457 e. The highest BCUT2D eigenvalue weighted by Gasteiger charge is 2.11. The zero-order chi connectivity index (χ0) is 20.9. The Labute approximate surface area is 175 Å². The van der Waals surface area contributed by atoms with Crippen molar-refractivity contribution in [2.45, 2.75) is 0 Å². The molecule has 0 spiro atoms. The van der Waals surface area contributed by atoms with Gasteiger partial charge in [0.15, 0.2) is 10.9 Å². The van der Waals surface area contributed by atoms with Crippen molar-refractivity contribution in [1.82, 2.24) is 9.97 Å². The van der Waals surface area contributed by atoms with Crippen LogP contribution in [-0.2, 0) is 0 Å². The van der Waals surface area contributed by atoms with Gasteiger partial charge in [-0.3, -0.25) is 9.59 Å². The van der Waals surface area contributed by atoms with Crippen LogP contribution in [0.2, 0.25) is 0 Å². The van der Waals surface area contributed by atoms with Crippen LogP contribution in [0.5, 0.6) is 11.5 Å². The number of hydrogen-bond donors (Lipinski definition) is 2. The number of ether oxygens (including phenoxy) is 1. The maximum atomic E-state index is 13.2. The molecular weight excluding hydrogens is 388 g/mol. The van der Waals surface area contributed by atoms with Gasteiger partial charge in [-0.15, -0.1) is 0 Å². The van der Waals surface area contributed by atoms with Gasteiger partial charge in [-0.2, -0.15) is 0 Å². The summed E-state index contributed by atoms with van der Waals surface area (Å²) in [5.74, 6) is 1.34. The van der Waals surface area contributed by atoms with Gasteiger partial charge in [0.2, 0.25) is 0 Å². The van der Waals surface area contributed by atoms with Crippen molar-refractivity contribution in [3.8, 4) is 11.5 Å². The standard InChI is InChI=1S/C26H16N2O3/c29-25-17-8-4-5-9-21(17)27-23-13-20-24(14-19(23)25)28-22-12-16(10-11-18(22)26(20)30)31-15-6-2-1-3-7-15/h1-14H,(H,27,29)(H,28,30). The molecule has 2 aromatic heterocycles. The molecule has 31 heavy (non-hydrogen) atoms. The van der Waals surface area contributed by atoms with Gasteiger partial charge in [-0.25, -0.2) is 0 Å². The van der Waals surface area contributed by atoms with Gasteiger partial charge >= 0.3 is 0 Å². The van der Waals surface area contributed by atoms with E-state index in [-0.39, 0.29) is 10.9 Å². The number of hydrogen-bond acceptors (Lipinski definition) is 3. The molecule has 6 aromatic rings. The van der Waals surface area contributed by atoms with E-state index in [0.717, 1.165) is 11.3 Å². The second-order valence-electron chi connectivity index (χ2n) is 7.52. The number of aromatic amines is 2. The van der Waals surface area contributed by atoms with Crippen LogP contribution in [0.1, 0.15) is 0 Å². The van der Waals surface area contributed by atoms with Crippen LogP contribution >= 0.6 is 0 Å². The molecule has 0 aliphatic heterocycles. The SMILES string of the molecule is O=c1c2ccccc2[nH]c2cc3c(=O)c4ccc(Oc5ccccc5)cc4[nH]c3cc12. The molecule has 5 nitrogen and oxygen atoms in total. The highest BCUT2D eigenvalue weighted by Crippen LogP contribution is 2.26. The molecular formula is C26H16N2O3. The molecule has 0 unspecified atom stereocenters. The Morgan fingerprint density at radius 2 is 1.06 bits per heavy atom. The third kappa shape index (κ3) is 2.79. The van der Waals surface area contributed by atoms with E-state index >= 15 is 0 Å². The number of rotatable bonds is 2. The first-order valence-electron chi connectivity index (χ1n) is 9.95. The normalized spacial score (nSPS) is 11.5. The molecule has 2 N–H and O–H groups in total. The van der Waals surface area contributed by atoms with Crippen LogP contribution < -0.4 is 15.6 Å². The number of benzene rings is 4. The lowest BCUT2D eigenvalue weighted by atomic mass is 10.1. The first-order chi connectivity index (χ1) is 15.2. The summed E-state index contributed by atoms with van der Waals surface area (Å²) in [7, 11) is 0. The van der Waals surface area contributed by atoms with E-state index in [1.54, 1.807) is 36.4 Å². The zero-order valence-electron chi connectivity index (χ0n) is 16.3. The molecule has 0 bridgehead atoms. The molecule has 2 heterocycles. The number of fused-ring (bicyclic) bond motifs is 4. The van der Waals surface area contributed by atoms with E-state index in [2.05, 4.69) is 9.97 Å². The fourth-order valence-electron chi connectivity index (χ4n) is 4.07. The first kappa shape index (κ1) is 17.5. The third-order valence-corrected chi connectivity index (χ3v) is 5.57. The summed E-state index contributed by atoms with van der Waals surface area (Å²) in [4.78, 5) is 32.8. The summed E-state index contributed by atoms with van der Waals surface area (Å²) in [6.45, 7) is 0. The summed E-state index contributed by atoms with van der Waals surface area (Å²) in [5.41, 5.74) is 2.51. The van der Waals surface area contributed by atoms with Crippen LogP contribution in [0.4, 0.5) is 0 Å². The van der Waals surface area contributed by atoms with E-state index in [1.165, 1.54) is 0 Å². The lowest BCUT2D eigenvalue weighted by Crippen LogP contribution is -2.08. The summed E-state index contributed by atoms with van der Waals surface area (Å²) in [5, 5.41) is 2.26. The maximum Gasteiger partial charge on any atom is 0.197 e. The minimum absolute atomic E-state index is 0.0617. The Morgan fingerprint density at radius 3 is 1.81 bits per heavy atom. The highest BCUT2D eigenvalue weighted by molar-refractivity contribution is 6.02. The second-order valence-corrected chi connectivity index (χ2v) is 7.52. The summed E-state index contributed by atoms with van der Waals surface area (Å²) >= 11 is 0. The summed E-state index contributed by atoms with van der Waals surface area (Å²) in [6, 6.07) is 25.7. The molecule has 0 aliphatic rings. The fourth-order valence-corrected chi connectivity index (χ4v) is 4.07. The van der Waals surface area contributed by atoms with Crippen molar-refractivity contribution < 1.29 is 4.74 Å². The number of H-pyrrole nitrogens is 2. The van der Waals surface area contributed by atoms with E-state index in [1.807, 2.05) is 48.5 Å². The van der Waals surface area contributed by atoms with Gasteiger partial charge < -0.3 is 14.7 Å². The molecule has 0 fully saturated rings. The Morgan fingerprint density at radius 1 is 0.484 bits per heavy atom. The van der Waals surface area contributed by atoms with Gasteiger partial charge in [0.1, 0.15) is 11.5 Å². The fraction of sp³-hybridized carbons (Fsp3) is 0. The van der Waals surface area contributed by atoms with Gasteiger partial charge in [0, 0.05) is 33.1 Å². The molecule has 0 saturated carbocycles. The van der Waals surface area contributed by atoms with Gasteiger partial charge in [0.05, 0.1) is 16.6 Å². The second kappa shape index (κ2) is 6.57.